The Labute approximate surface area is 187 Å². The Morgan fingerprint density at radius 1 is 1.39 bits per heavy atom. The molecule has 2 aromatic rings. The van der Waals surface area contributed by atoms with Gasteiger partial charge in [0.05, 0.1) is 25.4 Å². The smallest absolute Gasteiger partial charge is 0.360 e. The van der Waals surface area contributed by atoms with E-state index in [1.54, 1.807) is 10.9 Å². The number of amides is 1. The number of benzene rings is 1. The van der Waals surface area contributed by atoms with Crippen LogP contribution in [-0.4, -0.2) is 64.6 Å². The highest BCUT2D eigenvalue weighted by molar-refractivity contribution is 6.30. The number of halogens is 1. The van der Waals surface area contributed by atoms with Crippen LogP contribution in [0.5, 0.6) is 0 Å². The maximum Gasteiger partial charge on any atom is 0.360 e. The fraction of sp³-hybridized carbons (Fsp3) is 0.455. The van der Waals surface area contributed by atoms with E-state index in [0.29, 0.717) is 37.5 Å². The maximum atomic E-state index is 13.0. The number of carbonyl (C=O) groups excluding carboxylic acids is 2. The summed E-state index contributed by atoms with van der Waals surface area (Å²) in [5.74, 6) is -0.539. The monoisotopic (exact) mass is 445 g/mol. The first-order valence-electron chi connectivity index (χ1n) is 10.3. The molecule has 1 amide bonds. The number of esters is 1. The lowest BCUT2D eigenvalue weighted by Crippen LogP contribution is -2.44. The lowest BCUT2D eigenvalue weighted by Gasteiger charge is -2.23. The topological polar surface area (TPSA) is 89.3 Å². The van der Waals surface area contributed by atoms with E-state index in [4.69, 9.17) is 16.3 Å². The van der Waals surface area contributed by atoms with Gasteiger partial charge in [0.2, 0.25) is 5.91 Å². The second-order valence-electron chi connectivity index (χ2n) is 7.72. The van der Waals surface area contributed by atoms with Crippen LogP contribution in [0.1, 0.15) is 42.4 Å². The molecule has 1 aliphatic heterocycles. The van der Waals surface area contributed by atoms with Crippen LogP contribution in [0.4, 0.5) is 0 Å². The molecule has 1 N–H and O–H groups in total. The summed E-state index contributed by atoms with van der Waals surface area (Å²) < 4.78 is 6.36. The van der Waals surface area contributed by atoms with Crippen LogP contribution in [0.2, 0.25) is 5.02 Å². The number of ether oxygens (including phenoxy) is 1. The van der Waals surface area contributed by atoms with Gasteiger partial charge in [-0.1, -0.05) is 40.6 Å². The Kier molecular flexibility index (Phi) is 7.81. The molecule has 0 bridgehead atoms. The Bertz CT molecular complexity index is 958. The van der Waals surface area contributed by atoms with Crippen molar-refractivity contribution in [2.24, 2.45) is 0 Å². The summed E-state index contributed by atoms with van der Waals surface area (Å²) in [4.78, 5) is 26.8. The van der Waals surface area contributed by atoms with Crippen molar-refractivity contribution in [3.05, 3.63) is 58.4 Å². The second kappa shape index (κ2) is 10.5. The zero-order chi connectivity index (χ0) is 22.4. The van der Waals surface area contributed by atoms with Crippen LogP contribution >= 0.6 is 11.6 Å². The molecule has 0 unspecified atom stereocenters. The molecule has 1 fully saturated rings. The van der Waals surface area contributed by atoms with Crippen LogP contribution in [0, 0.1) is 0 Å². The molecule has 1 aromatic carbocycles. The number of carbonyl (C=O) groups is 2. The third-order valence-corrected chi connectivity index (χ3v) is 5.75. The molecule has 1 aliphatic rings. The Hall–Kier alpha value is -2.71. The SMILES string of the molecule is C/C=C(\C)CN1C[C@@H](n2cc(C(=O)OC)nn2)C[C@H]1C(=O)NCCc1cccc(Cl)c1. The molecule has 1 saturated heterocycles. The normalized spacial score (nSPS) is 19.4. The molecular formula is C22H28ClN5O3. The van der Waals surface area contributed by atoms with Gasteiger partial charge >= 0.3 is 5.97 Å². The van der Waals surface area contributed by atoms with E-state index in [2.05, 4.69) is 20.5 Å². The largest absolute Gasteiger partial charge is 0.464 e. The molecule has 0 radical (unpaired) electrons. The predicted molar refractivity (Wildman–Crippen MR) is 118 cm³/mol. The highest BCUT2D eigenvalue weighted by Crippen LogP contribution is 2.28. The van der Waals surface area contributed by atoms with Crippen LogP contribution < -0.4 is 5.32 Å². The van der Waals surface area contributed by atoms with E-state index >= 15 is 0 Å². The van der Waals surface area contributed by atoms with Crippen molar-refractivity contribution in [3.63, 3.8) is 0 Å². The summed E-state index contributed by atoms with van der Waals surface area (Å²) >= 11 is 6.03. The zero-order valence-corrected chi connectivity index (χ0v) is 18.8. The van der Waals surface area contributed by atoms with Gasteiger partial charge in [-0.05, 0) is 44.4 Å². The second-order valence-corrected chi connectivity index (χ2v) is 8.15. The number of hydrogen-bond acceptors (Lipinski definition) is 6. The van der Waals surface area contributed by atoms with E-state index in [1.807, 2.05) is 44.2 Å². The number of methoxy groups -OCH3 is 1. The van der Waals surface area contributed by atoms with Crippen molar-refractivity contribution in [2.75, 3.05) is 26.7 Å². The van der Waals surface area contributed by atoms with Crippen LogP contribution in [0.3, 0.4) is 0 Å². The minimum absolute atomic E-state index is 0.0123. The maximum absolute atomic E-state index is 13.0. The first-order chi connectivity index (χ1) is 14.9. The van der Waals surface area contributed by atoms with Gasteiger partial charge in [0.1, 0.15) is 0 Å². The third-order valence-electron chi connectivity index (χ3n) is 5.51. The van der Waals surface area contributed by atoms with E-state index in [1.165, 1.54) is 12.7 Å². The summed E-state index contributed by atoms with van der Waals surface area (Å²) in [5, 5.41) is 11.7. The number of likely N-dealkylation sites (tertiary alicyclic amines) is 1. The third kappa shape index (κ3) is 5.92. The zero-order valence-electron chi connectivity index (χ0n) is 18.0. The van der Waals surface area contributed by atoms with Gasteiger partial charge < -0.3 is 10.1 Å². The molecule has 31 heavy (non-hydrogen) atoms. The molecule has 2 heterocycles. The number of hydrogen-bond donors (Lipinski definition) is 1. The van der Waals surface area contributed by atoms with Crippen molar-refractivity contribution in [2.45, 2.75) is 38.8 Å². The summed E-state index contributed by atoms with van der Waals surface area (Å²) in [5.41, 5.74) is 2.43. The fourth-order valence-corrected chi connectivity index (χ4v) is 3.94. The van der Waals surface area contributed by atoms with E-state index in [-0.39, 0.29) is 23.7 Å². The first-order valence-corrected chi connectivity index (χ1v) is 10.7. The van der Waals surface area contributed by atoms with Crippen molar-refractivity contribution < 1.29 is 14.3 Å². The predicted octanol–water partition coefficient (Wildman–Crippen LogP) is 2.66. The van der Waals surface area contributed by atoms with Crippen LogP contribution in [0.25, 0.3) is 0 Å². The van der Waals surface area contributed by atoms with Gasteiger partial charge in [0.25, 0.3) is 0 Å². The highest BCUT2D eigenvalue weighted by Gasteiger charge is 2.38. The summed E-state index contributed by atoms with van der Waals surface area (Å²) in [6.45, 7) is 5.90. The van der Waals surface area contributed by atoms with Gasteiger partial charge in [-0.3, -0.25) is 9.69 Å². The number of aromatic nitrogens is 3. The summed E-state index contributed by atoms with van der Waals surface area (Å²) in [6.07, 6.45) is 4.93. The van der Waals surface area contributed by atoms with Gasteiger partial charge in [-0.15, -0.1) is 5.10 Å². The van der Waals surface area contributed by atoms with E-state index in [0.717, 1.165) is 5.56 Å². The van der Waals surface area contributed by atoms with Crippen molar-refractivity contribution >= 4 is 23.5 Å². The average molecular weight is 446 g/mol. The van der Waals surface area contributed by atoms with Crippen LogP contribution in [-0.2, 0) is 16.0 Å². The van der Waals surface area contributed by atoms with Gasteiger partial charge in [0, 0.05) is 24.7 Å². The molecule has 1 aromatic heterocycles. The minimum atomic E-state index is -0.527. The van der Waals surface area contributed by atoms with E-state index < -0.39 is 5.97 Å². The molecule has 9 heteroatoms. The average Bonchev–Trinajstić information content (AvgIpc) is 3.40. The summed E-state index contributed by atoms with van der Waals surface area (Å²) in [7, 11) is 1.31. The molecule has 0 spiro atoms. The fourth-order valence-electron chi connectivity index (χ4n) is 3.72. The molecule has 2 atom stereocenters. The van der Waals surface area contributed by atoms with Crippen molar-refractivity contribution in [1.82, 2.24) is 25.2 Å². The first kappa shape index (κ1) is 23.0. The van der Waals surface area contributed by atoms with E-state index in [9.17, 15) is 9.59 Å². The standard InChI is InChI=1S/C22H28ClN5O3/c1-4-15(2)12-27-13-18(28-14-19(25-26-28)22(30)31-3)11-20(27)21(29)24-9-8-16-6-5-7-17(23)10-16/h4-7,10,14,18,20H,8-9,11-13H2,1-3H3,(H,24,29)/b15-4+/t18-,20-/m0/s1. The highest BCUT2D eigenvalue weighted by atomic mass is 35.5. The Morgan fingerprint density at radius 3 is 2.90 bits per heavy atom. The lowest BCUT2D eigenvalue weighted by molar-refractivity contribution is -0.125. The lowest BCUT2D eigenvalue weighted by atomic mass is 10.1. The molecular weight excluding hydrogens is 418 g/mol. The van der Waals surface area contributed by atoms with Gasteiger partial charge in [-0.2, -0.15) is 0 Å². The Balaban J connectivity index is 1.66. The molecule has 166 valence electrons. The number of nitrogens with zero attached hydrogens (tertiary/aromatic N) is 4. The molecule has 0 aliphatic carbocycles. The molecule has 3 rings (SSSR count). The molecule has 0 saturated carbocycles. The Morgan fingerprint density at radius 2 is 2.19 bits per heavy atom. The molecule has 8 nitrogen and oxygen atoms in total. The number of allylic oxidation sites excluding steroid dienone is 1. The summed E-state index contributed by atoms with van der Waals surface area (Å²) in [6, 6.07) is 7.30. The quantitative estimate of drug-likeness (QED) is 0.496. The van der Waals surface area contributed by atoms with Gasteiger partial charge in [0.15, 0.2) is 5.69 Å². The van der Waals surface area contributed by atoms with Crippen molar-refractivity contribution in [1.29, 1.82) is 0 Å². The van der Waals surface area contributed by atoms with Gasteiger partial charge in [-0.25, -0.2) is 9.48 Å². The number of rotatable bonds is 8. The minimum Gasteiger partial charge on any atom is -0.464 e. The van der Waals surface area contributed by atoms with Crippen LogP contribution in [0.15, 0.2) is 42.1 Å². The van der Waals surface area contributed by atoms with Crippen molar-refractivity contribution in [3.8, 4) is 0 Å². The number of nitrogens with one attached hydrogen (secondary N) is 1.